The molecule has 0 spiro atoms. The molecule has 0 radical (unpaired) electrons. The molecule has 1 aliphatic heterocycles. The molecule has 1 aliphatic rings. The van der Waals surface area contributed by atoms with Gasteiger partial charge in [0.05, 0.1) is 13.2 Å². The van der Waals surface area contributed by atoms with Gasteiger partial charge in [-0.3, -0.25) is 0 Å². The average molecular weight is 193 g/mol. The second kappa shape index (κ2) is 4.98. The van der Waals surface area contributed by atoms with Gasteiger partial charge in [-0.25, -0.2) is 0 Å². The van der Waals surface area contributed by atoms with E-state index in [0.29, 0.717) is 13.5 Å². The van der Waals surface area contributed by atoms with Crippen molar-refractivity contribution in [2.75, 3.05) is 31.6 Å². The number of hydrogen-bond donors (Lipinski definition) is 0. The Labute approximate surface area is 84.2 Å². The Balaban J connectivity index is 2.01. The van der Waals surface area contributed by atoms with E-state index in [1.54, 1.807) is 0 Å². The van der Waals surface area contributed by atoms with Crippen molar-refractivity contribution in [2.45, 2.75) is 6.42 Å². The number of hydrogen-bond acceptors (Lipinski definition) is 3. The van der Waals surface area contributed by atoms with Crippen LogP contribution in [0.2, 0.25) is 0 Å². The Bertz CT molecular complexity index is 255. The molecule has 3 nitrogen and oxygen atoms in total. The number of ether oxygens (including phenoxy) is 2. The second-order valence-electron chi connectivity index (χ2n) is 3.30. The van der Waals surface area contributed by atoms with Gasteiger partial charge in [0.15, 0.2) is 0 Å². The Morgan fingerprint density at radius 1 is 0.929 bits per heavy atom. The SMILES string of the molecule is c1ccc(N2COCCCOC2)cc1. The maximum Gasteiger partial charge on any atom is 0.120 e. The van der Waals surface area contributed by atoms with Gasteiger partial charge in [0.2, 0.25) is 0 Å². The summed E-state index contributed by atoms with van der Waals surface area (Å²) in [7, 11) is 0. The molecule has 1 heterocycles. The summed E-state index contributed by atoms with van der Waals surface area (Å²) in [6, 6.07) is 10.2. The zero-order valence-electron chi connectivity index (χ0n) is 8.19. The van der Waals surface area contributed by atoms with E-state index in [0.717, 1.165) is 25.3 Å². The molecule has 1 aromatic rings. The molecule has 2 rings (SSSR count). The highest BCUT2D eigenvalue weighted by Crippen LogP contribution is 2.13. The van der Waals surface area contributed by atoms with Crippen molar-refractivity contribution in [1.82, 2.24) is 0 Å². The predicted octanol–water partition coefficient (Wildman–Crippen LogP) is 1.84. The predicted molar refractivity (Wildman–Crippen MR) is 55.2 cm³/mol. The van der Waals surface area contributed by atoms with Crippen LogP contribution in [0, 0.1) is 0 Å². The van der Waals surface area contributed by atoms with E-state index in [1.807, 2.05) is 18.2 Å². The Morgan fingerprint density at radius 3 is 2.21 bits per heavy atom. The minimum Gasteiger partial charge on any atom is -0.361 e. The van der Waals surface area contributed by atoms with Crippen LogP contribution in [0.15, 0.2) is 30.3 Å². The Morgan fingerprint density at radius 2 is 1.57 bits per heavy atom. The average Bonchev–Trinajstić information content (AvgIpc) is 2.18. The summed E-state index contributed by atoms with van der Waals surface area (Å²) in [5.74, 6) is 0. The maximum absolute atomic E-state index is 5.49. The summed E-state index contributed by atoms with van der Waals surface area (Å²) in [6.45, 7) is 2.79. The first-order valence-electron chi connectivity index (χ1n) is 4.92. The van der Waals surface area contributed by atoms with Crippen LogP contribution < -0.4 is 4.90 Å². The third-order valence-electron chi connectivity index (χ3n) is 2.19. The first-order valence-corrected chi connectivity index (χ1v) is 4.92. The van der Waals surface area contributed by atoms with Gasteiger partial charge in [-0.1, -0.05) is 18.2 Å². The highest BCUT2D eigenvalue weighted by Gasteiger charge is 2.08. The van der Waals surface area contributed by atoms with E-state index < -0.39 is 0 Å². The quantitative estimate of drug-likeness (QED) is 0.679. The fraction of sp³-hybridized carbons (Fsp3) is 0.455. The second-order valence-corrected chi connectivity index (χ2v) is 3.30. The molecule has 0 bridgehead atoms. The highest BCUT2D eigenvalue weighted by molar-refractivity contribution is 5.44. The molecule has 1 fully saturated rings. The molecule has 0 aliphatic carbocycles. The summed E-state index contributed by atoms with van der Waals surface area (Å²) in [4.78, 5) is 2.08. The lowest BCUT2D eigenvalue weighted by atomic mass is 10.3. The van der Waals surface area contributed by atoms with Gasteiger partial charge in [-0.15, -0.1) is 0 Å². The molecule has 76 valence electrons. The molecular formula is C11H15NO2. The maximum atomic E-state index is 5.49. The van der Waals surface area contributed by atoms with Crippen LogP contribution in [0.5, 0.6) is 0 Å². The first kappa shape index (κ1) is 9.49. The molecular weight excluding hydrogens is 178 g/mol. The van der Waals surface area contributed by atoms with Crippen molar-refractivity contribution in [1.29, 1.82) is 0 Å². The third kappa shape index (κ3) is 2.47. The van der Waals surface area contributed by atoms with Gasteiger partial charge < -0.3 is 14.4 Å². The van der Waals surface area contributed by atoms with Crippen LogP contribution in [0.1, 0.15) is 6.42 Å². The van der Waals surface area contributed by atoms with E-state index in [-0.39, 0.29) is 0 Å². The van der Waals surface area contributed by atoms with Crippen molar-refractivity contribution in [3.8, 4) is 0 Å². The molecule has 0 amide bonds. The van der Waals surface area contributed by atoms with Crippen molar-refractivity contribution >= 4 is 5.69 Å². The minimum absolute atomic E-state index is 0.615. The van der Waals surface area contributed by atoms with Crippen LogP contribution in [-0.4, -0.2) is 26.7 Å². The summed E-state index contributed by atoms with van der Waals surface area (Å²) in [6.07, 6.45) is 0.989. The van der Waals surface area contributed by atoms with Crippen molar-refractivity contribution in [3.63, 3.8) is 0 Å². The molecule has 14 heavy (non-hydrogen) atoms. The number of nitrogens with zero attached hydrogens (tertiary/aromatic N) is 1. The Hall–Kier alpha value is -1.06. The molecule has 3 heteroatoms. The van der Waals surface area contributed by atoms with Crippen LogP contribution in [0.4, 0.5) is 5.69 Å². The minimum atomic E-state index is 0.615. The van der Waals surface area contributed by atoms with Gasteiger partial charge in [0.1, 0.15) is 13.5 Å². The number of anilines is 1. The first-order chi connectivity index (χ1) is 6.97. The molecule has 0 N–H and O–H groups in total. The zero-order chi connectivity index (χ0) is 9.64. The van der Waals surface area contributed by atoms with Crippen molar-refractivity contribution < 1.29 is 9.47 Å². The Kier molecular flexibility index (Phi) is 3.38. The van der Waals surface area contributed by atoms with E-state index >= 15 is 0 Å². The molecule has 1 saturated heterocycles. The molecule has 0 saturated carbocycles. The molecule has 0 unspecified atom stereocenters. The highest BCUT2D eigenvalue weighted by atomic mass is 16.5. The lowest BCUT2D eigenvalue weighted by molar-refractivity contribution is 0.0387. The lowest BCUT2D eigenvalue weighted by Crippen LogP contribution is -2.31. The van der Waals surface area contributed by atoms with Crippen LogP contribution >= 0.6 is 0 Å². The van der Waals surface area contributed by atoms with Crippen LogP contribution in [0.3, 0.4) is 0 Å². The van der Waals surface area contributed by atoms with Gasteiger partial charge in [0, 0.05) is 5.69 Å². The van der Waals surface area contributed by atoms with Crippen LogP contribution in [-0.2, 0) is 9.47 Å². The normalized spacial score (nSPS) is 18.7. The van der Waals surface area contributed by atoms with Crippen molar-refractivity contribution in [2.24, 2.45) is 0 Å². The molecule has 0 aromatic heterocycles. The zero-order valence-corrected chi connectivity index (χ0v) is 8.19. The van der Waals surface area contributed by atoms with Gasteiger partial charge >= 0.3 is 0 Å². The van der Waals surface area contributed by atoms with Crippen LogP contribution in [0.25, 0.3) is 0 Å². The van der Waals surface area contributed by atoms with Gasteiger partial charge in [-0.05, 0) is 18.6 Å². The fourth-order valence-corrected chi connectivity index (χ4v) is 1.44. The van der Waals surface area contributed by atoms with Gasteiger partial charge in [-0.2, -0.15) is 0 Å². The van der Waals surface area contributed by atoms with Crippen molar-refractivity contribution in [3.05, 3.63) is 30.3 Å². The fourth-order valence-electron chi connectivity index (χ4n) is 1.44. The smallest absolute Gasteiger partial charge is 0.120 e. The summed E-state index contributed by atoms with van der Waals surface area (Å²) in [5, 5.41) is 0. The van der Waals surface area contributed by atoms with E-state index in [1.165, 1.54) is 0 Å². The topological polar surface area (TPSA) is 21.7 Å². The number of para-hydroxylation sites is 1. The third-order valence-corrected chi connectivity index (χ3v) is 2.19. The molecule has 1 aromatic carbocycles. The number of benzene rings is 1. The largest absolute Gasteiger partial charge is 0.361 e. The van der Waals surface area contributed by atoms with E-state index in [9.17, 15) is 0 Å². The molecule has 0 atom stereocenters. The van der Waals surface area contributed by atoms with E-state index in [2.05, 4.69) is 17.0 Å². The summed E-state index contributed by atoms with van der Waals surface area (Å²) < 4.78 is 11.0. The standard InChI is InChI=1S/C11H15NO2/c1-2-5-11(6-3-1)12-9-13-7-4-8-14-10-12/h1-3,5-6H,4,7-10H2. The summed E-state index contributed by atoms with van der Waals surface area (Å²) in [5.41, 5.74) is 1.15. The van der Waals surface area contributed by atoms with E-state index in [4.69, 9.17) is 9.47 Å². The van der Waals surface area contributed by atoms with Gasteiger partial charge in [0.25, 0.3) is 0 Å². The summed E-state index contributed by atoms with van der Waals surface area (Å²) >= 11 is 0. The monoisotopic (exact) mass is 193 g/mol. The number of rotatable bonds is 1. The lowest BCUT2D eigenvalue weighted by Gasteiger charge is -2.26.